The smallest absolute Gasteiger partial charge is 0.407 e. The molecule has 0 spiro atoms. The highest BCUT2D eigenvalue weighted by Crippen LogP contribution is 2.24. The largest absolute Gasteiger partial charge is 0.465 e. The lowest BCUT2D eigenvalue weighted by Gasteiger charge is -2.20. The van der Waals surface area contributed by atoms with Crippen molar-refractivity contribution in [2.45, 2.75) is 32.8 Å². The molecule has 146 valence electrons. The van der Waals surface area contributed by atoms with E-state index in [1.54, 1.807) is 32.9 Å². The van der Waals surface area contributed by atoms with Crippen molar-refractivity contribution in [1.29, 1.82) is 5.26 Å². The number of carbonyl (C=O) groups is 3. The minimum Gasteiger partial charge on any atom is -0.465 e. The Balaban J connectivity index is 2.74. The van der Waals surface area contributed by atoms with E-state index in [0.717, 1.165) is 0 Å². The normalized spacial score (nSPS) is 10.3. The third-order valence-corrected chi connectivity index (χ3v) is 3.06. The van der Waals surface area contributed by atoms with E-state index in [2.05, 4.69) is 20.7 Å². The van der Waals surface area contributed by atoms with Gasteiger partial charge >= 0.3 is 12.1 Å². The minimum atomic E-state index is -0.584. The summed E-state index contributed by atoms with van der Waals surface area (Å²) in [5.74, 6) is -1.06. The van der Waals surface area contributed by atoms with Crippen molar-refractivity contribution in [2.75, 3.05) is 30.8 Å². The lowest BCUT2D eigenvalue weighted by Crippen LogP contribution is -2.35. The molecule has 27 heavy (non-hydrogen) atoms. The third kappa shape index (κ3) is 8.09. The van der Waals surface area contributed by atoms with Gasteiger partial charge in [-0.15, -0.1) is 0 Å². The van der Waals surface area contributed by atoms with E-state index in [1.165, 1.54) is 19.2 Å². The summed E-state index contributed by atoms with van der Waals surface area (Å²) < 4.78 is 9.79. The van der Waals surface area contributed by atoms with E-state index in [4.69, 9.17) is 10.00 Å². The Hall–Kier alpha value is -3.28. The van der Waals surface area contributed by atoms with Crippen LogP contribution in [0.25, 0.3) is 0 Å². The summed E-state index contributed by atoms with van der Waals surface area (Å²) in [5, 5.41) is 16.8. The molecule has 0 saturated carbocycles. The van der Waals surface area contributed by atoms with Gasteiger partial charge in [-0.2, -0.15) is 5.26 Å². The van der Waals surface area contributed by atoms with Crippen LogP contribution in [0.2, 0.25) is 0 Å². The van der Waals surface area contributed by atoms with Crippen LogP contribution in [0.4, 0.5) is 16.2 Å². The first kappa shape index (κ1) is 21.8. The lowest BCUT2D eigenvalue weighted by atomic mass is 10.1. The second-order valence-electron chi connectivity index (χ2n) is 6.49. The third-order valence-electron chi connectivity index (χ3n) is 3.06. The van der Waals surface area contributed by atoms with Crippen molar-refractivity contribution in [1.82, 2.24) is 5.32 Å². The number of rotatable bonds is 7. The van der Waals surface area contributed by atoms with Crippen molar-refractivity contribution in [3.63, 3.8) is 0 Å². The Morgan fingerprint density at radius 3 is 2.44 bits per heavy atom. The van der Waals surface area contributed by atoms with Crippen LogP contribution >= 0.6 is 0 Å². The fraction of sp³-hybridized carbons (Fsp3) is 0.444. The number of hydrogen-bond donors (Lipinski definition) is 3. The average molecular weight is 376 g/mol. The summed E-state index contributed by atoms with van der Waals surface area (Å²) in [5.41, 5.74) is 0.525. The number of anilines is 2. The maximum atomic E-state index is 11.7. The molecule has 0 heterocycles. The van der Waals surface area contributed by atoms with Crippen LogP contribution in [0.5, 0.6) is 0 Å². The van der Waals surface area contributed by atoms with E-state index in [9.17, 15) is 14.4 Å². The maximum absolute atomic E-state index is 11.7. The molecular weight excluding hydrogens is 352 g/mol. The molecule has 1 aromatic rings. The van der Waals surface area contributed by atoms with Crippen LogP contribution in [-0.2, 0) is 14.3 Å². The van der Waals surface area contributed by atoms with Crippen LogP contribution < -0.4 is 16.0 Å². The second-order valence-corrected chi connectivity index (χ2v) is 6.49. The predicted octanol–water partition coefficient (Wildman–Crippen LogP) is 2.26. The van der Waals surface area contributed by atoms with Gasteiger partial charge in [0.05, 0.1) is 30.1 Å². The molecular formula is C18H24N4O5. The second kappa shape index (κ2) is 10.0. The number of nitrogens with zero attached hydrogens (tertiary/aromatic N) is 1. The molecule has 0 radical (unpaired) electrons. The van der Waals surface area contributed by atoms with Crippen molar-refractivity contribution in [3.8, 4) is 6.07 Å². The highest BCUT2D eigenvalue weighted by molar-refractivity contribution is 5.98. The SMILES string of the molecule is COC(=O)c1ccc(NCCNC(=O)OC(C)(C)C)c(NC(=O)CC#N)c1. The van der Waals surface area contributed by atoms with Gasteiger partial charge in [0.2, 0.25) is 5.91 Å². The predicted molar refractivity (Wildman–Crippen MR) is 99.4 cm³/mol. The van der Waals surface area contributed by atoms with E-state index in [0.29, 0.717) is 17.9 Å². The molecule has 9 heteroatoms. The Kier molecular flexibility index (Phi) is 8.07. The monoisotopic (exact) mass is 376 g/mol. The van der Waals surface area contributed by atoms with Crippen molar-refractivity contribution in [3.05, 3.63) is 23.8 Å². The number of esters is 1. The van der Waals surface area contributed by atoms with Crippen LogP contribution in [-0.4, -0.2) is 43.8 Å². The van der Waals surface area contributed by atoms with Gasteiger partial charge in [0, 0.05) is 13.1 Å². The molecule has 1 aromatic carbocycles. The zero-order valence-corrected chi connectivity index (χ0v) is 15.8. The van der Waals surface area contributed by atoms with Crippen LogP contribution in [0.15, 0.2) is 18.2 Å². The summed E-state index contributed by atoms with van der Waals surface area (Å²) in [6, 6.07) is 6.34. The highest BCUT2D eigenvalue weighted by atomic mass is 16.6. The number of hydrogen-bond acceptors (Lipinski definition) is 7. The summed E-state index contributed by atoms with van der Waals surface area (Å²) >= 11 is 0. The van der Waals surface area contributed by atoms with Gasteiger partial charge in [-0.25, -0.2) is 9.59 Å². The highest BCUT2D eigenvalue weighted by Gasteiger charge is 2.16. The molecule has 9 nitrogen and oxygen atoms in total. The first-order valence-corrected chi connectivity index (χ1v) is 8.26. The summed E-state index contributed by atoms with van der Waals surface area (Å²) in [7, 11) is 1.25. The maximum Gasteiger partial charge on any atom is 0.407 e. The summed E-state index contributed by atoms with van der Waals surface area (Å²) in [6.07, 6.45) is -0.852. The van der Waals surface area contributed by atoms with Gasteiger partial charge in [0.1, 0.15) is 12.0 Å². The molecule has 0 fully saturated rings. The number of nitriles is 1. The minimum absolute atomic E-state index is 0.252. The number of benzene rings is 1. The van der Waals surface area contributed by atoms with Gasteiger partial charge in [-0.05, 0) is 39.0 Å². The number of amides is 2. The number of ether oxygens (including phenoxy) is 2. The molecule has 0 aromatic heterocycles. The van der Waals surface area contributed by atoms with E-state index in [-0.39, 0.29) is 18.5 Å². The first-order chi connectivity index (χ1) is 12.7. The molecule has 0 saturated heterocycles. The standard InChI is InChI=1S/C18H24N4O5/c1-18(2,3)27-17(25)21-10-9-20-13-6-5-12(16(24)26-4)11-14(13)22-15(23)7-8-19/h5-6,11,20H,7,9-10H2,1-4H3,(H,21,25)(H,22,23). The molecule has 0 atom stereocenters. The van der Waals surface area contributed by atoms with E-state index in [1.807, 2.05) is 0 Å². The Bertz CT molecular complexity index is 734. The zero-order chi connectivity index (χ0) is 20.4. The van der Waals surface area contributed by atoms with Gasteiger partial charge < -0.3 is 25.4 Å². The first-order valence-electron chi connectivity index (χ1n) is 8.26. The molecule has 0 bridgehead atoms. The Morgan fingerprint density at radius 1 is 1.15 bits per heavy atom. The molecule has 3 N–H and O–H groups in total. The van der Waals surface area contributed by atoms with Crippen molar-refractivity contribution in [2.24, 2.45) is 0 Å². The molecule has 0 aliphatic heterocycles. The van der Waals surface area contributed by atoms with Gasteiger partial charge in [0.25, 0.3) is 0 Å². The van der Waals surface area contributed by atoms with Gasteiger partial charge in [-0.3, -0.25) is 4.79 Å². The molecule has 0 aliphatic carbocycles. The summed E-state index contributed by atoms with van der Waals surface area (Å²) in [4.78, 5) is 35.0. The fourth-order valence-corrected chi connectivity index (χ4v) is 1.99. The molecule has 0 unspecified atom stereocenters. The lowest BCUT2D eigenvalue weighted by molar-refractivity contribution is -0.115. The van der Waals surface area contributed by atoms with E-state index >= 15 is 0 Å². The Labute approximate surface area is 158 Å². The number of nitrogens with one attached hydrogen (secondary N) is 3. The topological polar surface area (TPSA) is 130 Å². The zero-order valence-electron chi connectivity index (χ0n) is 15.8. The van der Waals surface area contributed by atoms with Crippen molar-refractivity contribution >= 4 is 29.3 Å². The van der Waals surface area contributed by atoms with Gasteiger partial charge in [0.15, 0.2) is 0 Å². The number of alkyl carbamates (subject to hydrolysis) is 1. The summed E-state index contributed by atoms with van der Waals surface area (Å²) in [6.45, 7) is 5.93. The Morgan fingerprint density at radius 2 is 1.85 bits per heavy atom. The number of carbonyl (C=O) groups excluding carboxylic acids is 3. The quantitative estimate of drug-likeness (QED) is 0.491. The van der Waals surface area contributed by atoms with Crippen LogP contribution in [0.3, 0.4) is 0 Å². The average Bonchev–Trinajstić information content (AvgIpc) is 2.57. The fourth-order valence-electron chi connectivity index (χ4n) is 1.99. The van der Waals surface area contributed by atoms with Gasteiger partial charge in [-0.1, -0.05) is 0 Å². The molecule has 1 rings (SSSR count). The van der Waals surface area contributed by atoms with Crippen molar-refractivity contribution < 1.29 is 23.9 Å². The van der Waals surface area contributed by atoms with Crippen LogP contribution in [0, 0.1) is 11.3 Å². The number of methoxy groups -OCH3 is 1. The van der Waals surface area contributed by atoms with E-state index < -0.39 is 23.6 Å². The van der Waals surface area contributed by atoms with Crippen LogP contribution in [0.1, 0.15) is 37.6 Å². The molecule has 2 amide bonds. The molecule has 0 aliphatic rings.